The topological polar surface area (TPSA) is 0 Å². The molecule has 0 heterocycles. The smallest absolute Gasteiger partial charge is 0.0650 e. The van der Waals surface area contributed by atoms with Crippen molar-refractivity contribution in [3.63, 3.8) is 0 Å². The van der Waals surface area contributed by atoms with Gasteiger partial charge in [0.1, 0.15) is 0 Å². The minimum atomic E-state index is 0.294. The number of hydrogen-bond donors (Lipinski definition) is 0. The van der Waals surface area contributed by atoms with E-state index in [0.717, 1.165) is 0 Å². The summed E-state index contributed by atoms with van der Waals surface area (Å²) in [5, 5.41) is 0.588. The quantitative estimate of drug-likeness (QED) is 0.290. The highest BCUT2D eigenvalue weighted by Crippen LogP contribution is 2.51. The first kappa shape index (κ1) is 18.9. The van der Waals surface area contributed by atoms with Crippen molar-refractivity contribution < 1.29 is 0 Å². The van der Waals surface area contributed by atoms with E-state index in [1.54, 1.807) is 0 Å². The zero-order valence-corrected chi connectivity index (χ0v) is 17.2. The largest absolute Gasteiger partial charge is 0.0801 e. The Morgan fingerprint density at radius 1 is 0.321 bits per heavy atom. The van der Waals surface area contributed by atoms with Crippen LogP contribution < -0.4 is 0 Å². The Bertz CT molecular complexity index is 792. The normalized spacial score (nSPS) is 11.1. The van der Waals surface area contributed by atoms with Crippen LogP contribution in [0.4, 0.5) is 0 Å². The van der Waals surface area contributed by atoms with Gasteiger partial charge in [-0.15, -0.1) is 0 Å². The van der Waals surface area contributed by atoms with Crippen molar-refractivity contribution in [3.8, 4) is 0 Å². The molecule has 0 N–H and O–H groups in total. The zero-order valence-electron chi connectivity index (χ0n) is 15.5. The molecule has 0 bridgehead atoms. The standard InChI is InChI=1S/C26H22S2/c1-5-13-21(14-6-1)25(22-15-7-2-8-16-22)27-28-26(23-17-9-3-10-18-23)24-19-11-4-12-20-24/h1-20,25-26H. The highest BCUT2D eigenvalue weighted by molar-refractivity contribution is 8.76. The molecule has 0 saturated heterocycles. The van der Waals surface area contributed by atoms with Gasteiger partial charge in [0.2, 0.25) is 0 Å². The molecule has 4 aromatic rings. The van der Waals surface area contributed by atoms with Crippen LogP contribution in [-0.4, -0.2) is 0 Å². The summed E-state index contributed by atoms with van der Waals surface area (Å²) in [5.41, 5.74) is 5.36. The third-order valence-electron chi connectivity index (χ3n) is 4.66. The number of hydrogen-bond acceptors (Lipinski definition) is 2. The van der Waals surface area contributed by atoms with Crippen molar-refractivity contribution in [2.45, 2.75) is 10.5 Å². The van der Waals surface area contributed by atoms with E-state index in [-0.39, 0.29) is 0 Å². The molecular weight excluding hydrogens is 376 g/mol. The van der Waals surface area contributed by atoms with E-state index in [2.05, 4.69) is 121 Å². The third-order valence-corrected chi connectivity index (χ3v) is 7.73. The molecule has 0 atom stereocenters. The van der Waals surface area contributed by atoms with E-state index in [9.17, 15) is 0 Å². The van der Waals surface area contributed by atoms with Gasteiger partial charge in [-0.3, -0.25) is 0 Å². The van der Waals surface area contributed by atoms with Gasteiger partial charge in [0, 0.05) is 0 Å². The number of benzene rings is 4. The molecule has 0 aliphatic heterocycles. The van der Waals surface area contributed by atoms with Crippen molar-refractivity contribution in [2.75, 3.05) is 0 Å². The van der Waals surface area contributed by atoms with Crippen molar-refractivity contribution in [3.05, 3.63) is 144 Å². The first-order valence-corrected chi connectivity index (χ1v) is 11.7. The zero-order chi connectivity index (χ0) is 19.0. The van der Waals surface area contributed by atoms with E-state index in [4.69, 9.17) is 0 Å². The van der Waals surface area contributed by atoms with E-state index in [1.165, 1.54) is 22.3 Å². The summed E-state index contributed by atoms with van der Waals surface area (Å²) in [6.07, 6.45) is 0. The Hall–Kier alpha value is -2.42. The van der Waals surface area contributed by atoms with Crippen LogP contribution in [0.25, 0.3) is 0 Å². The molecule has 0 nitrogen and oxygen atoms in total. The van der Waals surface area contributed by atoms with E-state index in [0.29, 0.717) is 10.5 Å². The SMILES string of the molecule is c1ccc(C(SSC(c2ccccc2)c2ccccc2)c2ccccc2)cc1. The van der Waals surface area contributed by atoms with Crippen LogP contribution in [-0.2, 0) is 0 Å². The van der Waals surface area contributed by atoms with E-state index >= 15 is 0 Å². The predicted octanol–water partition coefficient (Wildman–Crippen LogP) is 7.95. The molecule has 138 valence electrons. The number of rotatable bonds is 7. The molecule has 4 rings (SSSR count). The molecule has 2 heteroatoms. The summed E-state index contributed by atoms with van der Waals surface area (Å²) in [7, 11) is 3.88. The lowest BCUT2D eigenvalue weighted by Crippen LogP contribution is -1.98. The molecule has 0 unspecified atom stereocenters. The molecule has 0 aliphatic rings. The van der Waals surface area contributed by atoms with Crippen molar-refractivity contribution >= 4 is 21.6 Å². The predicted molar refractivity (Wildman–Crippen MR) is 125 cm³/mol. The van der Waals surface area contributed by atoms with Gasteiger partial charge in [-0.05, 0) is 22.3 Å². The second kappa shape index (κ2) is 9.68. The lowest BCUT2D eigenvalue weighted by Gasteiger charge is -2.22. The summed E-state index contributed by atoms with van der Waals surface area (Å²) >= 11 is 0. The van der Waals surface area contributed by atoms with Gasteiger partial charge in [0.15, 0.2) is 0 Å². The Kier molecular flexibility index (Phi) is 6.54. The first-order chi connectivity index (χ1) is 13.9. The van der Waals surface area contributed by atoms with Crippen LogP contribution in [0, 0.1) is 0 Å². The van der Waals surface area contributed by atoms with Crippen molar-refractivity contribution in [1.82, 2.24) is 0 Å². The molecule has 4 aromatic carbocycles. The summed E-state index contributed by atoms with van der Waals surface area (Å²) in [6, 6.07) is 43.2. The van der Waals surface area contributed by atoms with Gasteiger partial charge in [0.05, 0.1) is 10.5 Å². The van der Waals surface area contributed by atoms with Crippen molar-refractivity contribution in [2.24, 2.45) is 0 Å². The van der Waals surface area contributed by atoms with Crippen molar-refractivity contribution in [1.29, 1.82) is 0 Å². The summed E-state index contributed by atoms with van der Waals surface area (Å²) in [6.45, 7) is 0. The maximum Gasteiger partial charge on any atom is 0.0650 e. The van der Waals surface area contributed by atoms with Crippen LogP contribution in [0.1, 0.15) is 32.8 Å². The second-order valence-corrected chi connectivity index (χ2v) is 9.08. The highest BCUT2D eigenvalue weighted by Gasteiger charge is 2.20. The maximum absolute atomic E-state index is 2.23. The Morgan fingerprint density at radius 3 is 0.750 bits per heavy atom. The van der Waals surface area contributed by atoms with Gasteiger partial charge in [0.25, 0.3) is 0 Å². The third kappa shape index (κ3) is 4.70. The molecule has 0 amide bonds. The first-order valence-electron chi connectivity index (χ1n) is 9.44. The average Bonchev–Trinajstić information content (AvgIpc) is 2.79. The molecule has 0 radical (unpaired) electrons. The van der Waals surface area contributed by atoms with Gasteiger partial charge in [-0.25, -0.2) is 0 Å². The Morgan fingerprint density at radius 2 is 0.536 bits per heavy atom. The van der Waals surface area contributed by atoms with Crippen LogP contribution >= 0.6 is 21.6 Å². The Balaban J connectivity index is 1.64. The molecule has 0 fully saturated rings. The lowest BCUT2D eigenvalue weighted by molar-refractivity contribution is 1.15. The fourth-order valence-electron chi connectivity index (χ4n) is 3.23. The van der Waals surface area contributed by atoms with E-state index in [1.807, 2.05) is 21.6 Å². The van der Waals surface area contributed by atoms with Gasteiger partial charge in [-0.2, -0.15) is 0 Å². The molecule has 0 aromatic heterocycles. The fraction of sp³-hybridized carbons (Fsp3) is 0.0769. The van der Waals surface area contributed by atoms with Crippen LogP contribution in [0.15, 0.2) is 121 Å². The molecular formula is C26H22S2. The van der Waals surface area contributed by atoms with Gasteiger partial charge < -0.3 is 0 Å². The molecule has 0 aliphatic carbocycles. The van der Waals surface area contributed by atoms with Gasteiger partial charge >= 0.3 is 0 Å². The van der Waals surface area contributed by atoms with Crippen LogP contribution in [0.3, 0.4) is 0 Å². The lowest BCUT2D eigenvalue weighted by atomic mass is 10.0. The minimum absolute atomic E-state index is 0.294. The summed E-state index contributed by atoms with van der Waals surface area (Å²) in [4.78, 5) is 0. The van der Waals surface area contributed by atoms with Crippen LogP contribution in [0.5, 0.6) is 0 Å². The average molecular weight is 399 g/mol. The monoisotopic (exact) mass is 398 g/mol. The van der Waals surface area contributed by atoms with Gasteiger partial charge in [-0.1, -0.05) is 143 Å². The van der Waals surface area contributed by atoms with Crippen LogP contribution in [0.2, 0.25) is 0 Å². The fourth-order valence-corrected chi connectivity index (χ4v) is 6.52. The molecule has 0 saturated carbocycles. The second-order valence-electron chi connectivity index (χ2n) is 6.60. The minimum Gasteiger partial charge on any atom is -0.0801 e. The highest BCUT2D eigenvalue weighted by atomic mass is 33.1. The summed E-state index contributed by atoms with van der Waals surface area (Å²) in [5.74, 6) is 0. The summed E-state index contributed by atoms with van der Waals surface area (Å²) < 4.78 is 0. The Labute approximate surface area is 175 Å². The maximum atomic E-state index is 2.23. The molecule has 28 heavy (non-hydrogen) atoms. The molecule has 0 spiro atoms. The van der Waals surface area contributed by atoms with E-state index < -0.39 is 0 Å².